The van der Waals surface area contributed by atoms with E-state index in [-0.39, 0.29) is 5.57 Å². The maximum absolute atomic E-state index is 12.3. The first-order valence-electron chi connectivity index (χ1n) is 6.66. The summed E-state index contributed by atoms with van der Waals surface area (Å²) in [5.41, 5.74) is 1.29. The third kappa shape index (κ3) is 4.84. The number of methoxy groups -OCH3 is 1. The molecule has 24 heavy (non-hydrogen) atoms. The molecule has 0 aliphatic rings. The second kappa shape index (κ2) is 8.69. The molecule has 0 aliphatic heterocycles. The number of carbonyl (C=O) groups is 1. The molecule has 4 nitrogen and oxygen atoms in total. The maximum atomic E-state index is 12.3. The standard InChI is InChI=1S/C17H11ClI2N2O2/c1-24-16-14(19)6-10(7-15(16)20)5-11(9-21)17(23)22-13-4-2-3-12(18)8-13/h2-8H,1H3,(H,22,23). The van der Waals surface area contributed by atoms with E-state index in [0.717, 1.165) is 18.5 Å². The highest BCUT2D eigenvalue weighted by Crippen LogP contribution is 2.29. The molecule has 0 radical (unpaired) electrons. The molecule has 1 amide bonds. The molecule has 122 valence electrons. The summed E-state index contributed by atoms with van der Waals surface area (Å²) in [6.07, 6.45) is 1.55. The van der Waals surface area contributed by atoms with Crippen molar-refractivity contribution in [1.82, 2.24) is 0 Å². The lowest BCUT2D eigenvalue weighted by molar-refractivity contribution is -0.112. The van der Waals surface area contributed by atoms with E-state index in [9.17, 15) is 10.1 Å². The summed E-state index contributed by atoms with van der Waals surface area (Å²) in [7, 11) is 1.61. The number of amides is 1. The van der Waals surface area contributed by atoms with Gasteiger partial charge < -0.3 is 10.1 Å². The van der Waals surface area contributed by atoms with E-state index in [1.54, 1.807) is 37.5 Å². The Bertz CT molecular complexity index is 837. The van der Waals surface area contributed by atoms with Gasteiger partial charge in [-0.25, -0.2) is 0 Å². The van der Waals surface area contributed by atoms with E-state index in [0.29, 0.717) is 10.7 Å². The van der Waals surface area contributed by atoms with Gasteiger partial charge in [-0.3, -0.25) is 4.79 Å². The van der Waals surface area contributed by atoms with Crippen LogP contribution in [-0.2, 0) is 4.79 Å². The lowest BCUT2D eigenvalue weighted by Crippen LogP contribution is -2.13. The number of ether oxygens (including phenoxy) is 1. The quantitative estimate of drug-likeness (QED) is 0.319. The Morgan fingerprint density at radius 2 is 1.96 bits per heavy atom. The lowest BCUT2D eigenvalue weighted by Gasteiger charge is -2.08. The molecule has 0 fully saturated rings. The van der Waals surface area contributed by atoms with Crippen LogP contribution >= 0.6 is 56.8 Å². The maximum Gasteiger partial charge on any atom is 0.266 e. The average Bonchev–Trinajstić information content (AvgIpc) is 2.52. The van der Waals surface area contributed by atoms with Crippen molar-refractivity contribution in [2.45, 2.75) is 0 Å². The van der Waals surface area contributed by atoms with Crippen LogP contribution in [0.4, 0.5) is 5.69 Å². The summed E-state index contributed by atoms with van der Waals surface area (Å²) < 4.78 is 7.11. The van der Waals surface area contributed by atoms with E-state index in [1.165, 1.54) is 0 Å². The Hall–Kier alpha value is -1.31. The topological polar surface area (TPSA) is 62.1 Å². The molecule has 7 heteroatoms. The van der Waals surface area contributed by atoms with Crippen LogP contribution in [0.5, 0.6) is 5.75 Å². The summed E-state index contributed by atoms with van der Waals surface area (Å²) in [6, 6.07) is 12.4. The smallest absolute Gasteiger partial charge is 0.266 e. The van der Waals surface area contributed by atoms with Gasteiger partial charge in [0.05, 0.1) is 14.3 Å². The van der Waals surface area contributed by atoms with Gasteiger partial charge in [0.15, 0.2) is 0 Å². The first-order chi connectivity index (χ1) is 11.4. The highest BCUT2D eigenvalue weighted by molar-refractivity contribution is 14.1. The van der Waals surface area contributed by atoms with Gasteiger partial charge in [-0.05, 0) is 87.2 Å². The molecular weight excluding hydrogens is 553 g/mol. The Balaban J connectivity index is 2.29. The van der Waals surface area contributed by atoms with Crippen molar-refractivity contribution in [2.75, 3.05) is 12.4 Å². The van der Waals surface area contributed by atoms with Crippen molar-refractivity contribution < 1.29 is 9.53 Å². The van der Waals surface area contributed by atoms with Gasteiger partial charge in [-0.1, -0.05) is 17.7 Å². The summed E-state index contributed by atoms with van der Waals surface area (Å²) in [5.74, 6) is 0.288. The predicted molar refractivity (Wildman–Crippen MR) is 112 cm³/mol. The minimum absolute atomic E-state index is 0.00624. The van der Waals surface area contributed by atoms with Crippen molar-refractivity contribution in [2.24, 2.45) is 0 Å². The minimum Gasteiger partial charge on any atom is -0.495 e. The number of rotatable bonds is 4. The highest BCUT2D eigenvalue weighted by atomic mass is 127. The van der Waals surface area contributed by atoms with Crippen molar-refractivity contribution in [3.8, 4) is 11.8 Å². The number of nitrogens with one attached hydrogen (secondary N) is 1. The third-order valence-electron chi connectivity index (χ3n) is 2.98. The van der Waals surface area contributed by atoms with Gasteiger partial charge in [0, 0.05) is 10.7 Å². The van der Waals surface area contributed by atoms with Gasteiger partial charge in [0.25, 0.3) is 5.91 Å². The molecule has 2 aromatic carbocycles. The number of hydrogen-bond acceptors (Lipinski definition) is 3. The zero-order chi connectivity index (χ0) is 17.7. The summed E-state index contributed by atoms with van der Waals surface area (Å²) in [5, 5.41) is 12.5. The fraction of sp³-hybridized carbons (Fsp3) is 0.0588. The normalized spacial score (nSPS) is 10.9. The molecule has 0 aliphatic carbocycles. The summed E-state index contributed by atoms with van der Waals surface area (Å²) in [4.78, 5) is 12.3. The van der Waals surface area contributed by atoms with Crippen molar-refractivity contribution in [3.05, 3.63) is 59.7 Å². The van der Waals surface area contributed by atoms with E-state index in [4.69, 9.17) is 16.3 Å². The van der Waals surface area contributed by atoms with Crippen molar-refractivity contribution in [3.63, 3.8) is 0 Å². The van der Waals surface area contributed by atoms with Crippen LogP contribution in [0.2, 0.25) is 5.02 Å². The Morgan fingerprint density at radius 3 is 2.50 bits per heavy atom. The zero-order valence-corrected chi connectivity index (χ0v) is 17.5. The number of benzene rings is 2. The van der Waals surface area contributed by atoms with Crippen LogP contribution < -0.4 is 10.1 Å². The second-order valence-corrected chi connectivity index (χ2v) is 7.41. The van der Waals surface area contributed by atoms with Crippen LogP contribution in [0.1, 0.15) is 5.56 Å². The Labute approximate surface area is 172 Å². The van der Waals surface area contributed by atoms with Crippen molar-refractivity contribution >= 4 is 74.5 Å². The second-order valence-electron chi connectivity index (χ2n) is 4.65. The third-order valence-corrected chi connectivity index (χ3v) is 4.82. The summed E-state index contributed by atoms with van der Waals surface area (Å²) in [6.45, 7) is 0. The van der Waals surface area contributed by atoms with Gasteiger partial charge in [0.1, 0.15) is 17.4 Å². The molecule has 0 bridgehead atoms. The average molecular weight is 565 g/mol. The molecule has 2 rings (SSSR count). The molecule has 0 saturated carbocycles. The van der Waals surface area contributed by atoms with Crippen LogP contribution in [0.25, 0.3) is 6.08 Å². The number of nitrogens with zero attached hydrogens (tertiary/aromatic N) is 1. The van der Waals surface area contributed by atoms with Gasteiger partial charge in [-0.15, -0.1) is 0 Å². The van der Waals surface area contributed by atoms with E-state index < -0.39 is 5.91 Å². The molecule has 0 unspecified atom stereocenters. The molecule has 2 aromatic rings. The van der Waals surface area contributed by atoms with Gasteiger partial charge in [-0.2, -0.15) is 5.26 Å². The Morgan fingerprint density at radius 1 is 1.29 bits per heavy atom. The Kier molecular flexibility index (Phi) is 6.89. The van der Waals surface area contributed by atoms with E-state index >= 15 is 0 Å². The number of nitriles is 1. The number of anilines is 1. The van der Waals surface area contributed by atoms with Gasteiger partial charge in [0.2, 0.25) is 0 Å². The number of carbonyl (C=O) groups excluding carboxylic acids is 1. The van der Waals surface area contributed by atoms with Crippen LogP contribution in [0.15, 0.2) is 42.0 Å². The molecular formula is C17H11ClI2N2O2. The monoisotopic (exact) mass is 564 g/mol. The number of hydrogen-bond donors (Lipinski definition) is 1. The SMILES string of the molecule is COc1c(I)cc(C=C(C#N)C(=O)Nc2cccc(Cl)c2)cc1I. The molecule has 0 aromatic heterocycles. The fourth-order valence-electron chi connectivity index (χ4n) is 1.94. The minimum atomic E-state index is -0.486. The van der Waals surface area contributed by atoms with Gasteiger partial charge >= 0.3 is 0 Å². The largest absolute Gasteiger partial charge is 0.495 e. The predicted octanol–water partition coefficient (Wildman–Crippen LogP) is 5.10. The van der Waals surface area contributed by atoms with E-state index in [1.807, 2.05) is 18.2 Å². The zero-order valence-electron chi connectivity index (χ0n) is 12.4. The van der Waals surface area contributed by atoms with Crippen molar-refractivity contribution in [1.29, 1.82) is 5.26 Å². The highest BCUT2D eigenvalue weighted by Gasteiger charge is 2.12. The summed E-state index contributed by atoms with van der Waals surface area (Å²) >= 11 is 10.2. The first kappa shape index (κ1) is 19.0. The van der Waals surface area contributed by atoms with E-state index in [2.05, 4.69) is 50.5 Å². The molecule has 0 atom stereocenters. The van der Waals surface area contributed by atoms with Crippen LogP contribution in [0, 0.1) is 18.5 Å². The van der Waals surface area contributed by atoms with Crippen LogP contribution in [0.3, 0.4) is 0 Å². The first-order valence-corrected chi connectivity index (χ1v) is 9.20. The molecule has 1 N–H and O–H groups in total. The molecule has 0 heterocycles. The van der Waals surface area contributed by atoms with Crippen LogP contribution in [-0.4, -0.2) is 13.0 Å². The number of halogens is 3. The fourth-order valence-corrected chi connectivity index (χ4v) is 4.38. The lowest BCUT2D eigenvalue weighted by atomic mass is 10.1. The molecule has 0 saturated heterocycles. The molecule has 0 spiro atoms.